The lowest BCUT2D eigenvalue weighted by molar-refractivity contribution is 0.0943. The number of rotatable bonds is 6. The Labute approximate surface area is 150 Å². The molecule has 2 heterocycles. The Bertz CT molecular complexity index is 727. The van der Waals surface area contributed by atoms with Gasteiger partial charge in [-0.25, -0.2) is 4.98 Å². The van der Waals surface area contributed by atoms with Crippen molar-refractivity contribution in [3.63, 3.8) is 0 Å². The molecule has 0 radical (unpaired) electrons. The average molecular weight is 342 g/mol. The predicted octanol–water partition coefficient (Wildman–Crippen LogP) is 3.80. The number of nitrogens with zero attached hydrogens (tertiary/aromatic N) is 3. The molecule has 3 rings (SSSR count). The molecule has 1 saturated carbocycles. The summed E-state index contributed by atoms with van der Waals surface area (Å²) < 4.78 is 2.05. The first-order valence-electron chi connectivity index (χ1n) is 9.65. The molecule has 0 aliphatic heterocycles. The van der Waals surface area contributed by atoms with Crippen molar-refractivity contribution in [3.05, 3.63) is 29.6 Å². The number of anilines is 1. The van der Waals surface area contributed by atoms with Gasteiger partial charge in [-0.2, -0.15) is 0 Å². The number of carbonyl (C=O) groups excluding carboxylic acids is 1. The van der Waals surface area contributed by atoms with Crippen LogP contribution in [-0.2, 0) is 0 Å². The minimum atomic E-state index is 0.0179. The standard InChI is InChI=1S/C20H30N4O/c1-4-23(5-2)20-15(3)22-18-12-11-17(14-24(18)20)19(25)21-13-16-9-7-6-8-10-16/h11-12,14,16H,4-10,13H2,1-3H3,(H,21,25). The fourth-order valence-corrected chi connectivity index (χ4v) is 3.92. The van der Waals surface area contributed by atoms with Crippen molar-refractivity contribution in [2.75, 3.05) is 24.5 Å². The van der Waals surface area contributed by atoms with E-state index < -0.39 is 0 Å². The zero-order valence-corrected chi connectivity index (χ0v) is 15.7. The lowest BCUT2D eigenvalue weighted by Gasteiger charge is -2.22. The Balaban J connectivity index is 1.79. The molecule has 5 heteroatoms. The fourth-order valence-electron chi connectivity index (χ4n) is 3.92. The first-order chi connectivity index (χ1) is 12.1. The Morgan fingerprint density at radius 2 is 1.96 bits per heavy atom. The number of hydrogen-bond acceptors (Lipinski definition) is 3. The van der Waals surface area contributed by atoms with E-state index in [4.69, 9.17) is 0 Å². The summed E-state index contributed by atoms with van der Waals surface area (Å²) in [5, 5.41) is 3.13. The van der Waals surface area contributed by atoms with Crippen LogP contribution in [0.25, 0.3) is 5.65 Å². The third-order valence-electron chi connectivity index (χ3n) is 5.36. The van der Waals surface area contributed by atoms with E-state index in [0.717, 1.165) is 36.8 Å². The number of aromatic nitrogens is 2. The summed E-state index contributed by atoms with van der Waals surface area (Å²) in [6.45, 7) is 8.95. The summed E-state index contributed by atoms with van der Waals surface area (Å²) in [6, 6.07) is 3.82. The molecule has 1 aliphatic carbocycles. The van der Waals surface area contributed by atoms with Crippen LogP contribution in [0.15, 0.2) is 18.3 Å². The predicted molar refractivity (Wildman–Crippen MR) is 102 cm³/mol. The third-order valence-corrected chi connectivity index (χ3v) is 5.36. The van der Waals surface area contributed by atoms with E-state index in [1.54, 1.807) is 0 Å². The Hall–Kier alpha value is -2.04. The summed E-state index contributed by atoms with van der Waals surface area (Å²) >= 11 is 0. The molecule has 0 atom stereocenters. The zero-order valence-electron chi connectivity index (χ0n) is 15.7. The van der Waals surface area contributed by atoms with Crippen molar-refractivity contribution in [2.24, 2.45) is 5.92 Å². The molecule has 1 fully saturated rings. The van der Waals surface area contributed by atoms with E-state index >= 15 is 0 Å². The van der Waals surface area contributed by atoms with Gasteiger partial charge in [0.2, 0.25) is 0 Å². The van der Waals surface area contributed by atoms with Crippen LogP contribution in [0.1, 0.15) is 62.0 Å². The highest BCUT2D eigenvalue weighted by molar-refractivity contribution is 5.94. The van der Waals surface area contributed by atoms with Crippen LogP contribution in [0.5, 0.6) is 0 Å². The number of nitrogens with one attached hydrogen (secondary N) is 1. The molecular formula is C20H30N4O. The quantitative estimate of drug-likeness (QED) is 0.869. The van der Waals surface area contributed by atoms with Crippen molar-refractivity contribution in [1.82, 2.24) is 14.7 Å². The molecule has 1 aliphatic rings. The highest BCUT2D eigenvalue weighted by Crippen LogP contribution is 2.24. The van der Waals surface area contributed by atoms with E-state index in [1.165, 1.54) is 32.1 Å². The summed E-state index contributed by atoms with van der Waals surface area (Å²) in [4.78, 5) is 19.5. The van der Waals surface area contributed by atoms with E-state index in [1.807, 2.05) is 25.3 Å². The normalized spacial score (nSPS) is 15.5. The summed E-state index contributed by atoms with van der Waals surface area (Å²) in [6.07, 6.45) is 8.36. The summed E-state index contributed by atoms with van der Waals surface area (Å²) in [7, 11) is 0. The second kappa shape index (κ2) is 7.89. The topological polar surface area (TPSA) is 49.6 Å². The van der Waals surface area contributed by atoms with Crippen LogP contribution >= 0.6 is 0 Å². The van der Waals surface area contributed by atoms with Crippen molar-refractivity contribution >= 4 is 17.4 Å². The van der Waals surface area contributed by atoms with Gasteiger partial charge in [0.05, 0.1) is 11.3 Å². The van der Waals surface area contributed by atoms with Gasteiger partial charge in [-0.3, -0.25) is 9.20 Å². The van der Waals surface area contributed by atoms with Gasteiger partial charge in [0.15, 0.2) is 0 Å². The molecule has 1 amide bonds. The van der Waals surface area contributed by atoms with E-state index in [-0.39, 0.29) is 5.91 Å². The van der Waals surface area contributed by atoms with Crippen LogP contribution in [0.3, 0.4) is 0 Å². The number of pyridine rings is 1. The summed E-state index contributed by atoms with van der Waals surface area (Å²) in [5.74, 6) is 1.74. The first kappa shape index (κ1) is 17.8. The molecule has 0 unspecified atom stereocenters. The van der Waals surface area contributed by atoms with Gasteiger partial charge in [-0.15, -0.1) is 0 Å². The van der Waals surface area contributed by atoms with Crippen molar-refractivity contribution in [3.8, 4) is 0 Å². The molecular weight excluding hydrogens is 312 g/mol. The first-order valence-corrected chi connectivity index (χ1v) is 9.65. The van der Waals surface area contributed by atoms with Crippen LogP contribution < -0.4 is 10.2 Å². The smallest absolute Gasteiger partial charge is 0.252 e. The fraction of sp³-hybridized carbons (Fsp3) is 0.600. The van der Waals surface area contributed by atoms with E-state index in [2.05, 4.69) is 33.4 Å². The molecule has 0 saturated heterocycles. The number of fused-ring (bicyclic) bond motifs is 1. The largest absolute Gasteiger partial charge is 0.357 e. The SMILES string of the molecule is CCN(CC)c1c(C)nc2ccc(C(=O)NCC3CCCCC3)cn12. The molecule has 136 valence electrons. The van der Waals surface area contributed by atoms with Gasteiger partial charge in [-0.1, -0.05) is 19.3 Å². The van der Waals surface area contributed by atoms with Crippen LogP contribution in [-0.4, -0.2) is 34.9 Å². The lowest BCUT2D eigenvalue weighted by atomic mass is 9.89. The van der Waals surface area contributed by atoms with Gasteiger partial charge in [0, 0.05) is 25.8 Å². The highest BCUT2D eigenvalue weighted by Gasteiger charge is 2.17. The van der Waals surface area contributed by atoms with Gasteiger partial charge < -0.3 is 10.2 Å². The average Bonchev–Trinajstić information content (AvgIpc) is 2.97. The maximum Gasteiger partial charge on any atom is 0.252 e. The molecule has 1 N–H and O–H groups in total. The molecule has 25 heavy (non-hydrogen) atoms. The van der Waals surface area contributed by atoms with Gasteiger partial charge in [-0.05, 0) is 51.7 Å². The molecule has 0 spiro atoms. The third kappa shape index (κ3) is 3.80. The molecule has 2 aromatic heterocycles. The lowest BCUT2D eigenvalue weighted by Crippen LogP contribution is -2.30. The number of carbonyl (C=O) groups is 1. The minimum absolute atomic E-state index is 0.0179. The van der Waals surface area contributed by atoms with Gasteiger partial charge in [0.25, 0.3) is 5.91 Å². The molecule has 5 nitrogen and oxygen atoms in total. The maximum atomic E-state index is 12.6. The second-order valence-electron chi connectivity index (χ2n) is 7.05. The number of amides is 1. The van der Waals surface area contributed by atoms with E-state index in [0.29, 0.717) is 11.5 Å². The van der Waals surface area contributed by atoms with Crippen LogP contribution in [0, 0.1) is 12.8 Å². The molecule has 2 aromatic rings. The number of aryl methyl sites for hydroxylation is 1. The van der Waals surface area contributed by atoms with Crippen molar-refractivity contribution in [2.45, 2.75) is 52.9 Å². The summed E-state index contributed by atoms with van der Waals surface area (Å²) in [5.41, 5.74) is 2.60. The van der Waals surface area contributed by atoms with E-state index in [9.17, 15) is 4.79 Å². The van der Waals surface area contributed by atoms with Crippen molar-refractivity contribution in [1.29, 1.82) is 0 Å². The molecule has 0 bridgehead atoms. The van der Waals surface area contributed by atoms with Crippen LogP contribution in [0.2, 0.25) is 0 Å². The Morgan fingerprint density at radius 3 is 2.64 bits per heavy atom. The van der Waals surface area contributed by atoms with Gasteiger partial charge >= 0.3 is 0 Å². The Morgan fingerprint density at radius 1 is 1.24 bits per heavy atom. The Kier molecular flexibility index (Phi) is 5.61. The van der Waals surface area contributed by atoms with Gasteiger partial charge in [0.1, 0.15) is 11.5 Å². The molecule has 0 aromatic carbocycles. The second-order valence-corrected chi connectivity index (χ2v) is 7.05. The minimum Gasteiger partial charge on any atom is -0.357 e. The van der Waals surface area contributed by atoms with Crippen LogP contribution in [0.4, 0.5) is 5.82 Å². The zero-order chi connectivity index (χ0) is 17.8. The maximum absolute atomic E-state index is 12.6. The number of imidazole rings is 1. The van der Waals surface area contributed by atoms with Crippen molar-refractivity contribution < 1.29 is 4.79 Å². The number of hydrogen-bond donors (Lipinski definition) is 1. The highest BCUT2D eigenvalue weighted by atomic mass is 16.1. The monoisotopic (exact) mass is 342 g/mol.